The van der Waals surface area contributed by atoms with E-state index in [0.29, 0.717) is 6.54 Å². The lowest BCUT2D eigenvalue weighted by atomic mass is 10.2. The third-order valence-electron chi connectivity index (χ3n) is 6.22. The molecule has 2 heterocycles. The number of likely N-dealkylation sites (N-methyl/N-ethyl adjacent to an activating group) is 1. The number of halogens is 2. The number of nitrogens with zero attached hydrogens (tertiary/aromatic N) is 4. The van der Waals surface area contributed by atoms with E-state index in [2.05, 4.69) is 22.2 Å². The van der Waals surface area contributed by atoms with Crippen LogP contribution in [-0.2, 0) is 11.3 Å². The number of hydrogen-bond donors (Lipinski definition) is 2. The van der Waals surface area contributed by atoms with Crippen molar-refractivity contribution in [3.05, 3.63) is 54.1 Å². The lowest BCUT2D eigenvalue weighted by Gasteiger charge is -2.32. The number of amides is 1. The molecule has 2 N–H and O–H groups in total. The summed E-state index contributed by atoms with van der Waals surface area (Å²) in [6, 6.07) is 14.9. The number of nitrogens with one attached hydrogen (secondary N) is 1. The lowest BCUT2D eigenvalue weighted by molar-refractivity contribution is -0.169. The van der Waals surface area contributed by atoms with E-state index in [4.69, 9.17) is 0 Å². The maximum atomic E-state index is 13.4. The molecule has 33 heavy (non-hydrogen) atoms. The van der Waals surface area contributed by atoms with E-state index in [1.54, 1.807) is 4.90 Å². The monoisotopic (exact) mass is 459 g/mol. The second-order valence-corrected chi connectivity index (χ2v) is 8.93. The Morgan fingerprint density at radius 3 is 2.18 bits per heavy atom. The van der Waals surface area contributed by atoms with Crippen LogP contribution >= 0.6 is 0 Å². The fourth-order valence-corrected chi connectivity index (χ4v) is 4.11. The predicted octanol–water partition coefficient (Wildman–Crippen LogP) is 3.24. The zero-order chi connectivity index (χ0) is 23.4. The smallest absolute Gasteiger partial charge is 0.266 e. The molecule has 1 amide bonds. The largest absolute Gasteiger partial charge is 0.365 e. The summed E-state index contributed by atoms with van der Waals surface area (Å²) in [7, 11) is 2.06. The third-order valence-corrected chi connectivity index (χ3v) is 6.22. The van der Waals surface area contributed by atoms with Gasteiger partial charge < -0.3 is 15.1 Å². The van der Waals surface area contributed by atoms with Gasteiger partial charge in [0.2, 0.25) is 0 Å². The van der Waals surface area contributed by atoms with Crippen LogP contribution in [0.5, 0.6) is 0 Å². The summed E-state index contributed by atoms with van der Waals surface area (Å²) >= 11 is 0. The number of anilines is 3. The van der Waals surface area contributed by atoms with Crippen molar-refractivity contribution < 1.29 is 18.8 Å². The SMILES string of the molecule is CN1CCN(CC(=O)N(O)Cc2ccc(Nc3ccc(N4CCC(F)(F)C4)cc3)cc2)CC1. The highest BCUT2D eigenvalue weighted by molar-refractivity contribution is 5.77. The van der Waals surface area contributed by atoms with E-state index in [1.165, 1.54) is 0 Å². The van der Waals surface area contributed by atoms with Crippen molar-refractivity contribution in [1.29, 1.82) is 0 Å². The van der Waals surface area contributed by atoms with Crippen molar-refractivity contribution in [2.24, 2.45) is 0 Å². The Bertz CT molecular complexity index is 931. The molecule has 2 aliphatic heterocycles. The van der Waals surface area contributed by atoms with Gasteiger partial charge in [-0.2, -0.15) is 0 Å². The van der Waals surface area contributed by atoms with Crippen LogP contribution in [0.3, 0.4) is 0 Å². The second-order valence-electron chi connectivity index (χ2n) is 8.93. The molecule has 0 spiro atoms. The molecular weight excluding hydrogens is 428 g/mol. The molecule has 9 heteroatoms. The van der Waals surface area contributed by atoms with Gasteiger partial charge in [0.15, 0.2) is 0 Å². The summed E-state index contributed by atoms with van der Waals surface area (Å²) in [5.41, 5.74) is 3.31. The first-order valence-corrected chi connectivity index (χ1v) is 11.3. The van der Waals surface area contributed by atoms with Gasteiger partial charge in [0, 0.05) is 56.2 Å². The van der Waals surface area contributed by atoms with Crippen LogP contribution in [0.2, 0.25) is 0 Å². The lowest BCUT2D eigenvalue weighted by Crippen LogP contribution is -2.48. The van der Waals surface area contributed by atoms with Crippen LogP contribution in [0.1, 0.15) is 12.0 Å². The van der Waals surface area contributed by atoms with Crippen LogP contribution < -0.4 is 10.2 Å². The molecule has 2 aliphatic rings. The highest BCUT2D eigenvalue weighted by atomic mass is 19.3. The Labute approximate surface area is 193 Å². The fourth-order valence-electron chi connectivity index (χ4n) is 4.11. The molecule has 0 aromatic heterocycles. The average Bonchev–Trinajstić information content (AvgIpc) is 3.17. The Morgan fingerprint density at radius 2 is 1.61 bits per heavy atom. The summed E-state index contributed by atoms with van der Waals surface area (Å²) in [5.74, 6) is -2.92. The van der Waals surface area contributed by atoms with Crippen molar-refractivity contribution in [1.82, 2.24) is 14.9 Å². The van der Waals surface area contributed by atoms with Gasteiger partial charge in [-0.15, -0.1) is 0 Å². The quantitative estimate of drug-likeness (QED) is 0.490. The Kier molecular flexibility index (Phi) is 7.11. The highest BCUT2D eigenvalue weighted by Crippen LogP contribution is 2.31. The third kappa shape index (κ3) is 6.40. The highest BCUT2D eigenvalue weighted by Gasteiger charge is 2.38. The number of rotatable bonds is 7. The van der Waals surface area contributed by atoms with Gasteiger partial charge in [0.05, 0.1) is 19.6 Å². The first-order valence-electron chi connectivity index (χ1n) is 11.3. The number of alkyl halides is 2. The van der Waals surface area contributed by atoms with Crippen LogP contribution in [0.15, 0.2) is 48.5 Å². The predicted molar refractivity (Wildman–Crippen MR) is 124 cm³/mol. The molecule has 7 nitrogen and oxygen atoms in total. The van der Waals surface area contributed by atoms with Gasteiger partial charge in [0.25, 0.3) is 11.8 Å². The molecule has 0 aliphatic carbocycles. The van der Waals surface area contributed by atoms with Crippen molar-refractivity contribution in [3.8, 4) is 0 Å². The average molecular weight is 460 g/mol. The number of benzene rings is 2. The Morgan fingerprint density at radius 1 is 1.00 bits per heavy atom. The van der Waals surface area contributed by atoms with Gasteiger partial charge in [-0.1, -0.05) is 12.1 Å². The fraction of sp³-hybridized carbons (Fsp3) is 0.458. The molecule has 0 bridgehead atoms. The van der Waals surface area contributed by atoms with Gasteiger partial charge in [-0.3, -0.25) is 14.9 Å². The van der Waals surface area contributed by atoms with Crippen molar-refractivity contribution >= 4 is 23.0 Å². The molecular formula is C24H31F2N5O2. The topological polar surface area (TPSA) is 62.3 Å². The molecule has 4 rings (SSSR count). The minimum absolute atomic E-state index is 0.105. The Balaban J connectivity index is 1.26. The zero-order valence-corrected chi connectivity index (χ0v) is 18.9. The molecule has 0 unspecified atom stereocenters. The maximum Gasteiger partial charge on any atom is 0.266 e. The maximum absolute atomic E-state index is 13.4. The van der Waals surface area contributed by atoms with Crippen molar-refractivity contribution in [2.75, 3.05) is 63.1 Å². The van der Waals surface area contributed by atoms with Crippen molar-refractivity contribution in [2.45, 2.75) is 18.9 Å². The van der Waals surface area contributed by atoms with Gasteiger partial charge in [0.1, 0.15) is 0 Å². The molecule has 2 saturated heterocycles. The normalized spacial score (nSPS) is 19.0. The molecule has 2 aromatic carbocycles. The van der Waals surface area contributed by atoms with Gasteiger partial charge in [-0.05, 0) is 49.0 Å². The molecule has 0 atom stereocenters. The van der Waals surface area contributed by atoms with Crippen LogP contribution in [0.25, 0.3) is 0 Å². The summed E-state index contributed by atoms with van der Waals surface area (Å²) in [6.45, 7) is 3.96. The van der Waals surface area contributed by atoms with E-state index in [0.717, 1.165) is 53.9 Å². The van der Waals surface area contributed by atoms with Crippen LogP contribution in [0.4, 0.5) is 25.8 Å². The molecule has 178 valence electrons. The van der Waals surface area contributed by atoms with Crippen molar-refractivity contribution in [3.63, 3.8) is 0 Å². The number of carbonyl (C=O) groups is 1. The van der Waals surface area contributed by atoms with Gasteiger partial charge >= 0.3 is 0 Å². The second kappa shape index (κ2) is 10.0. The minimum Gasteiger partial charge on any atom is -0.365 e. The first kappa shape index (κ1) is 23.4. The van der Waals surface area contributed by atoms with E-state index >= 15 is 0 Å². The number of hydrogen-bond acceptors (Lipinski definition) is 6. The molecule has 2 fully saturated rings. The molecule has 2 aromatic rings. The number of piperazine rings is 1. The van der Waals surface area contributed by atoms with E-state index < -0.39 is 5.92 Å². The van der Waals surface area contributed by atoms with E-state index in [9.17, 15) is 18.8 Å². The number of carbonyl (C=O) groups excluding carboxylic acids is 1. The summed E-state index contributed by atoms with van der Waals surface area (Å²) in [6.07, 6.45) is -0.105. The number of hydroxylamine groups is 2. The van der Waals surface area contributed by atoms with E-state index in [-0.39, 0.29) is 32.0 Å². The Hall–Kier alpha value is -2.75. The first-order chi connectivity index (χ1) is 15.8. The molecule has 0 saturated carbocycles. The summed E-state index contributed by atoms with van der Waals surface area (Å²) < 4.78 is 26.9. The van der Waals surface area contributed by atoms with Crippen LogP contribution in [0, 0.1) is 0 Å². The van der Waals surface area contributed by atoms with Gasteiger partial charge in [-0.25, -0.2) is 13.8 Å². The minimum atomic E-state index is -2.61. The van der Waals surface area contributed by atoms with E-state index in [1.807, 2.05) is 48.5 Å². The molecule has 0 radical (unpaired) electrons. The summed E-state index contributed by atoms with van der Waals surface area (Å²) in [5, 5.41) is 14.2. The zero-order valence-electron chi connectivity index (χ0n) is 18.9. The summed E-state index contributed by atoms with van der Waals surface area (Å²) in [4.78, 5) is 18.3. The van der Waals surface area contributed by atoms with Crippen LogP contribution in [-0.4, -0.2) is 84.8 Å². The standard InChI is InChI=1S/C24H31F2N5O2/c1-28-12-14-29(15-13-28)17-23(32)31(33)16-19-2-4-20(5-3-19)27-21-6-8-22(9-7-21)30-11-10-24(25,26)18-30/h2-9,27,33H,10-18H2,1H3.